The van der Waals surface area contributed by atoms with Crippen molar-refractivity contribution in [3.8, 4) is 0 Å². The molecule has 1 amide bonds. The van der Waals surface area contributed by atoms with Gasteiger partial charge in [0.1, 0.15) is 5.65 Å². The Morgan fingerprint density at radius 1 is 0.963 bits per heavy atom. The van der Waals surface area contributed by atoms with E-state index in [9.17, 15) is 4.79 Å². The van der Waals surface area contributed by atoms with Crippen LogP contribution in [0.2, 0.25) is 0 Å². The molecule has 0 bridgehead atoms. The van der Waals surface area contributed by atoms with Crippen LogP contribution in [-0.2, 0) is 11.2 Å². The molecule has 27 heavy (non-hydrogen) atoms. The third kappa shape index (κ3) is 4.15. The number of aryl methyl sites for hydroxylation is 1. The maximum absolute atomic E-state index is 12.3. The lowest BCUT2D eigenvalue weighted by Crippen LogP contribution is -2.14. The average molecular weight is 356 g/mol. The zero-order valence-corrected chi connectivity index (χ0v) is 15.0. The summed E-state index contributed by atoms with van der Waals surface area (Å²) in [6.45, 7) is 2.03. The van der Waals surface area contributed by atoms with Gasteiger partial charge in [0.15, 0.2) is 0 Å². The minimum atomic E-state index is -0.0844. The van der Waals surface area contributed by atoms with Crippen LogP contribution in [0.4, 0.5) is 17.1 Å². The Labute approximate surface area is 157 Å². The molecule has 0 aliphatic rings. The van der Waals surface area contributed by atoms with Crippen LogP contribution in [-0.4, -0.2) is 15.3 Å². The van der Waals surface area contributed by atoms with E-state index in [1.54, 1.807) is 0 Å². The number of nitrogens with one attached hydrogen (secondary N) is 2. The van der Waals surface area contributed by atoms with Crippen molar-refractivity contribution in [3.63, 3.8) is 0 Å². The van der Waals surface area contributed by atoms with Gasteiger partial charge < -0.3 is 15.0 Å². The van der Waals surface area contributed by atoms with Crippen LogP contribution in [0.5, 0.6) is 0 Å². The maximum Gasteiger partial charge on any atom is 0.230 e. The van der Waals surface area contributed by atoms with Crippen LogP contribution in [0.15, 0.2) is 79.1 Å². The van der Waals surface area contributed by atoms with E-state index in [0.717, 1.165) is 34.0 Å². The van der Waals surface area contributed by atoms with Gasteiger partial charge in [0, 0.05) is 29.5 Å². The first-order valence-corrected chi connectivity index (χ1v) is 8.82. The van der Waals surface area contributed by atoms with Gasteiger partial charge in [0.2, 0.25) is 5.91 Å². The van der Waals surface area contributed by atoms with Gasteiger partial charge in [-0.1, -0.05) is 18.2 Å². The number of rotatable bonds is 5. The van der Waals surface area contributed by atoms with Crippen LogP contribution < -0.4 is 10.6 Å². The summed E-state index contributed by atoms with van der Waals surface area (Å²) in [5.74, 6) is -0.0844. The Hall–Kier alpha value is -3.60. The molecule has 2 aromatic heterocycles. The van der Waals surface area contributed by atoms with E-state index in [4.69, 9.17) is 0 Å². The third-order valence-electron chi connectivity index (χ3n) is 4.24. The molecule has 2 N–H and O–H groups in total. The predicted molar refractivity (Wildman–Crippen MR) is 108 cm³/mol. The largest absolute Gasteiger partial charge is 0.356 e. The number of pyridine rings is 1. The Morgan fingerprint density at radius 3 is 2.44 bits per heavy atom. The number of hydrogen-bond donors (Lipinski definition) is 2. The smallest absolute Gasteiger partial charge is 0.230 e. The van der Waals surface area contributed by atoms with Crippen molar-refractivity contribution in [1.29, 1.82) is 0 Å². The number of hydrogen-bond acceptors (Lipinski definition) is 3. The lowest BCUT2D eigenvalue weighted by Gasteiger charge is -2.08. The molecule has 0 radical (unpaired) electrons. The molecular weight excluding hydrogens is 336 g/mol. The van der Waals surface area contributed by atoms with E-state index in [2.05, 4.69) is 15.6 Å². The highest BCUT2D eigenvalue weighted by Crippen LogP contribution is 2.19. The summed E-state index contributed by atoms with van der Waals surface area (Å²) in [6, 6.07) is 21.6. The predicted octanol–water partition coefficient (Wildman–Crippen LogP) is 4.57. The van der Waals surface area contributed by atoms with Crippen molar-refractivity contribution in [3.05, 3.63) is 90.4 Å². The molecule has 0 spiro atoms. The molecule has 5 nitrogen and oxygen atoms in total. The van der Waals surface area contributed by atoms with Crippen molar-refractivity contribution in [2.75, 3.05) is 10.6 Å². The summed E-state index contributed by atoms with van der Waals surface area (Å²) in [4.78, 5) is 16.8. The van der Waals surface area contributed by atoms with Gasteiger partial charge in [-0.05, 0) is 61.0 Å². The van der Waals surface area contributed by atoms with Crippen molar-refractivity contribution in [2.45, 2.75) is 13.3 Å². The number of imidazole rings is 1. The number of nitrogens with zero attached hydrogens (tertiary/aromatic N) is 2. The average Bonchev–Trinajstić information content (AvgIpc) is 3.05. The Balaban J connectivity index is 1.38. The summed E-state index contributed by atoms with van der Waals surface area (Å²) < 4.78 is 1.93. The van der Waals surface area contributed by atoms with Gasteiger partial charge in [-0.25, -0.2) is 4.98 Å². The number of carbonyl (C=O) groups is 1. The van der Waals surface area contributed by atoms with E-state index in [1.165, 1.54) is 0 Å². The number of carbonyl (C=O) groups excluding carboxylic acids is 1. The van der Waals surface area contributed by atoms with Crippen LogP contribution in [0.3, 0.4) is 0 Å². The number of para-hydroxylation sites is 1. The highest BCUT2D eigenvalue weighted by molar-refractivity contribution is 5.92. The lowest BCUT2D eigenvalue weighted by molar-refractivity contribution is -0.115. The number of fused-ring (bicyclic) bond motifs is 1. The van der Waals surface area contributed by atoms with E-state index in [1.807, 2.05) is 90.4 Å². The normalized spacial score (nSPS) is 10.7. The topological polar surface area (TPSA) is 58.4 Å². The van der Waals surface area contributed by atoms with Crippen molar-refractivity contribution < 1.29 is 4.79 Å². The number of aromatic nitrogens is 2. The monoisotopic (exact) mass is 356 g/mol. The molecule has 0 aliphatic carbocycles. The van der Waals surface area contributed by atoms with Gasteiger partial charge in [-0.15, -0.1) is 0 Å². The zero-order valence-electron chi connectivity index (χ0n) is 15.0. The van der Waals surface area contributed by atoms with E-state index in [-0.39, 0.29) is 12.3 Å². The molecule has 4 rings (SSSR count). The summed E-state index contributed by atoms with van der Waals surface area (Å²) in [6.07, 6.45) is 4.09. The maximum atomic E-state index is 12.3. The fourth-order valence-corrected chi connectivity index (χ4v) is 2.92. The molecule has 0 aliphatic heterocycles. The third-order valence-corrected chi connectivity index (χ3v) is 4.24. The van der Waals surface area contributed by atoms with E-state index < -0.39 is 0 Å². The van der Waals surface area contributed by atoms with Crippen molar-refractivity contribution in [1.82, 2.24) is 9.38 Å². The fourth-order valence-electron chi connectivity index (χ4n) is 2.92. The van der Waals surface area contributed by atoms with Gasteiger partial charge in [-0.3, -0.25) is 4.79 Å². The molecule has 4 aromatic rings. The first kappa shape index (κ1) is 16.8. The summed E-state index contributed by atoms with van der Waals surface area (Å²) in [5, 5.41) is 6.24. The second kappa shape index (κ2) is 7.33. The molecule has 2 aromatic carbocycles. The molecule has 0 atom stereocenters. The number of anilines is 3. The second-order valence-electron chi connectivity index (χ2n) is 6.50. The van der Waals surface area contributed by atoms with Crippen molar-refractivity contribution in [2.24, 2.45) is 0 Å². The highest BCUT2D eigenvalue weighted by Gasteiger charge is 2.08. The van der Waals surface area contributed by atoms with E-state index in [0.29, 0.717) is 0 Å². The van der Waals surface area contributed by atoms with Crippen LogP contribution in [0.1, 0.15) is 11.3 Å². The molecular formula is C22H20N4O. The zero-order chi connectivity index (χ0) is 18.6. The molecule has 0 saturated heterocycles. The molecule has 2 heterocycles. The van der Waals surface area contributed by atoms with E-state index >= 15 is 0 Å². The first-order chi connectivity index (χ1) is 13.2. The molecule has 0 fully saturated rings. The first-order valence-electron chi connectivity index (χ1n) is 8.82. The van der Waals surface area contributed by atoms with Crippen LogP contribution in [0.25, 0.3) is 5.65 Å². The Bertz CT molecular complexity index is 1070. The molecule has 0 saturated carbocycles. The Morgan fingerprint density at radius 2 is 1.67 bits per heavy atom. The van der Waals surface area contributed by atoms with Crippen LogP contribution in [0, 0.1) is 6.92 Å². The fraction of sp³-hybridized carbons (Fsp3) is 0.0909. The minimum absolute atomic E-state index is 0.0844. The Kier molecular flexibility index (Phi) is 4.58. The molecule has 0 unspecified atom stereocenters. The number of benzene rings is 2. The summed E-state index contributed by atoms with van der Waals surface area (Å²) >= 11 is 0. The van der Waals surface area contributed by atoms with Gasteiger partial charge in [0.25, 0.3) is 0 Å². The molecule has 134 valence electrons. The molecule has 5 heteroatoms. The highest BCUT2D eigenvalue weighted by atomic mass is 16.1. The van der Waals surface area contributed by atoms with Gasteiger partial charge in [0.05, 0.1) is 12.1 Å². The number of amides is 1. The second-order valence-corrected chi connectivity index (χ2v) is 6.50. The standard InChI is InChI=1S/C22H20N4O/c1-16-11-12-26-15-20(24-21(26)13-16)14-22(27)25-19-9-7-18(8-10-19)23-17-5-3-2-4-6-17/h2-13,15,23H,14H2,1H3,(H,25,27). The quantitative estimate of drug-likeness (QED) is 0.551. The lowest BCUT2D eigenvalue weighted by atomic mass is 10.2. The summed E-state index contributed by atoms with van der Waals surface area (Å²) in [5.41, 5.74) is 5.51. The minimum Gasteiger partial charge on any atom is -0.356 e. The van der Waals surface area contributed by atoms with Crippen molar-refractivity contribution >= 4 is 28.6 Å². The van der Waals surface area contributed by atoms with Crippen LogP contribution >= 0.6 is 0 Å². The SMILES string of the molecule is Cc1ccn2cc(CC(=O)Nc3ccc(Nc4ccccc4)cc3)nc2c1. The van der Waals surface area contributed by atoms with Gasteiger partial charge >= 0.3 is 0 Å². The van der Waals surface area contributed by atoms with Gasteiger partial charge in [-0.2, -0.15) is 0 Å². The summed E-state index contributed by atoms with van der Waals surface area (Å²) in [7, 11) is 0.